The first-order valence-electron chi connectivity index (χ1n) is 5.64. The molecule has 0 aliphatic heterocycles. The van der Waals surface area contributed by atoms with Crippen LogP contribution < -0.4 is 5.32 Å². The summed E-state index contributed by atoms with van der Waals surface area (Å²) in [5.41, 5.74) is 0.931. The van der Waals surface area contributed by atoms with Gasteiger partial charge in [0.15, 0.2) is 5.76 Å². The molecule has 0 unspecified atom stereocenters. The van der Waals surface area contributed by atoms with Gasteiger partial charge in [-0.2, -0.15) is 0 Å². The molecule has 0 bridgehead atoms. The monoisotopic (exact) mass is 239 g/mol. The summed E-state index contributed by atoms with van der Waals surface area (Å²) in [6.45, 7) is 2.10. The minimum Gasteiger partial charge on any atom is -0.456 e. The van der Waals surface area contributed by atoms with Gasteiger partial charge in [-0.15, -0.1) is 0 Å². The summed E-state index contributed by atoms with van der Waals surface area (Å²) in [7, 11) is 0. The highest BCUT2D eigenvalue weighted by atomic mass is 16.3. The van der Waals surface area contributed by atoms with Crippen LogP contribution >= 0.6 is 0 Å². The van der Waals surface area contributed by atoms with Crippen molar-refractivity contribution in [2.24, 2.45) is 0 Å². The maximum atomic E-state index is 11.6. The number of nitrogens with one attached hydrogen (secondary N) is 1. The minimum absolute atomic E-state index is 0.245. The molecule has 0 fully saturated rings. The van der Waals surface area contributed by atoms with Crippen LogP contribution in [0.25, 0.3) is 0 Å². The SMILES string of the molecule is Cc1ccc(C(=O)NCC#Cc2ccccc2)o1. The fourth-order valence-corrected chi connectivity index (χ4v) is 1.44. The zero-order valence-electron chi connectivity index (χ0n) is 10.1. The van der Waals surface area contributed by atoms with E-state index in [1.54, 1.807) is 19.1 Å². The Morgan fingerprint density at radius 1 is 1.22 bits per heavy atom. The Balaban J connectivity index is 1.86. The molecule has 90 valence electrons. The summed E-state index contributed by atoms with van der Waals surface area (Å²) in [5.74, 6) is 6.63. The van der Waals surface area contributed by atoms with E-state index >= 15 is 0 Å². The maximum absolute atomic E-state index is 11.6. The summed E-state index contributed by atoms with van der Waals surface area (Å²) < 4.78 is 5.20. The number of benzene rings is 1. The number of carbonyl (C=O) groups is 1. The lowest BCUT2D eigenvalue weighted by Gasteiger charge is -1.96. The average molecular weight is 239 g/mol. The number of amides is 1. The third-order valence-electron chi connectivity index (χ3n) is 2.31. The lowest BCUT2D eigenvalue weighted by Crippen LogP contribution is -2.22. The van der Waals surface area contributed by atoms with Gasteiger partial charge in [0.05, 0.1) is 6.54 Å². The normalized spacial score (nSPS) is 9.39. The summed E-state index contributed by atoms with van der Waals surface area (Å²) in [4.78, 5) is 11.6. The van der Waals surface area contributed by atoms with Crippen LogP contribution in [0, 0.1) is 18.8 Å². The molecule has 3 heteroatoms. The fourth-order valence-electron chi connectivity index (χ4n) is 1.44. The number of aryl methyl sites for hydroxylation is 1. The van der Waals surface area contributed by atoms with E-state index in [0.29, 0.717) is 12.3 Å². The van der Waals surface area contributed by atoms with Crippen molar-refractivity contribution in [1.82, 2.24) is 5.32 Å². The van der Waals surface area contributed by atoms with Gasteiger partial charge in [0, 0.05) is 5.56 Å². The first-order valence-corrected chi connectivity index (χ1v) is 5.64. The second kappa shape index (κ2) is 5.74. The smallest absolute Gasteiger partial charge is 0.287 e. The van der Waals surface area contributed by atoms with Gasteiger partial charge in [0.2, 0.25) is 0 Å². The van der Waals surface area contributed by atoms with E-state index in [1.165, 1.54) is 0 Å². The van der Waals surface area contributed by atoms with Gasteiger partial charge >= 0.3 is 0 Å². The number of rotatable bonds is 2. The number of hydrogen-bond acceptors (Lipinski definition) is 2. The summed E-state index contributed by atoms with van der Waals surface area (Å²) in [5, 5.41) is 2.68. The summed E-state index contributed by atoms with van der Waals surface area (Å²) >= 11 is 0. The quantitative estimate of drug-likeness (QED) is 0.817. The van der Waals surface area contributed by atoms with Gasteiger partial charge in [-0.05, 0) is 31.2 Å². The van der Waals surface area contributed by atoms with Crippen LogP contribution in [-0.2, 0) is 0 Å². The average Bonchev–Trinajstić information content (AvgIpc) is 2.82. The van der Waals surface area contributed by atoms with Gasteiger partial charge < -0.3 is 9.73 Å². The Bertz CT molecular complexity index is 588. The molecule has 1 N–H and O–H groups in total. The number of furan rings is 1. The molecule has 2 aromatic rings. The first kappa shape index (κ1) is 12.0. The second-order valence-electron chi connectivity index (χ2n) is 3.76. The molecule has 0 radical (unpaired) electrons. The third-order valence-corrected chi connectivity index (χ3v) is 2.31. The van der Waals surface area contributed by atoms with Crippen LogP contribution in [0.4, 0.5) is 0 Å². The molecule has 1 heterocycles. The Hall–Kier alpha value is -2.47. The van der Waals surface area contributed by atoms with Crippen molar-refractivity contribution in [2.45, 2.75) is 6.92 Å². The molecule has 1 aromatic heterocycles. The molecule has 0 saturated carbocycles. The van der Waals surface area contributed by atoms with E-state index in [-0.39, 0.29) is 5.91 Å². The number of carbonyl (C=O) groups excluding carboxylic acids is 1. The van der Waals surface area contributed by atoms with Crippen LogP contribution in [0.2, 0.25) is 0 Å². The van der Waals surface area contributed by atoms with Gasteiger partial charge in [-0.3, -0.25) is 4.79 Å². The molecule has 18 heavy (non-hydrogen) atoms. The fraction of sp³-hybridized carbons (Fsp3) is 0.133. The van der Waals surface area contributed by atoms with Crippen molar-refractivity contribution >= 4 is 5.91 Å². The second-order valence-corrected chi connectivity index (χ2v) is 3.76. The molecule has 3 nitrogen and oxygen atoms in total. The molecule has 0 aliphatic carbocycles. The lowest BCUT2D eigenvalue weighted by molar-refractivity contribution is 0.0930. The molecule has 1 aromatic carbocycles. The highest BCUT2D eigenvalue weighted by molar-refractivity contribution is 5.91. The van der Waals surface area contributed by atoms with Crippen LogP contribution in [0.1, 0.15) is 21.9 Å². The van der Waals surface area contributed by atoms with Crippen molar-refractivity contribution in [1.29, 1.82) is 0 Å². The van der Waals surface area contributed by atoms with E-state index in [4.69, 9.17) is 4.42 Å². The Labute approximate surface area is 106 Å². The topological polar surface area (TPSA) is 42.2 Å². The molecule has 0 aliphatic rings. The maximum Gasteiger partial charge on any atom is 0.287 e. The van der Waals surface area contributed by atoms with Crippen LogP contribution in [-0.4, -0.2) is 12.5 Å². The van der Waals surface area contributed by atoms with Crippen molar-refractivity contribution in [3.05, 3.63) is 59.5 Å². The van der Waals surface area contributed by atoms with E-state index < -0.39 is 0 Å². The van der Waals surface area contributed by atoms with E-state index in [2.05, 4.69) is 17.2 Å². The van der Waals surface area contributed by atoms with Crippen molar-refractivity contribution in [3.63, 3.8) is 0 Å². The third kappa shape index (κ3) is 3.26. The Kier molecular flexibility index (Phi) is 3.83. The predicted octanol–water partition coefficient (Wildman–Crippen LogP) is 2.37. The zero-order valence-corrected chi connectivity index (χ0v) is 10.1. The van der Waals surface area contributed by atoms with Gasteiger partial charge in [0.1, 0.15) is 5.76 Å². The highest BCUT2D eigenvalue weighted by Gasteiger charge is 2.07. The molecular formula is C15H13NO2. The predicted molar refractivity (Wildman–Crippen MR) is 69.1 cm³/mol. The zero-order chi connectivity index (χ0) is 12.8. The highest BCUT2D eigenvalue weighted by Crippen LogP contribution is 2.05. The van der Waals surface area contributed by atoms with Gasteiger partial charge in [0.25, 0.3) is 5.91 Å². The van der Waals surface area contributed by atoms with Crippen LogP contribution in [0.5, 0.6) is 0 Å². The molecule has 1 amide bonds. The first-order chi connectivity index (χ1) is 8.75. The summed E-state index contributed by atoms with van der Waals surface area (Å²) in [6.07, 6.45) is 0. The molecule has 0 spiro atoms. The number of hydrogen-bond donors (Lipinski definition) is 1. The van der Waals surface area contributed by atoms with Gasteiger partial charge in [-0.25, -0.2) is 0 Å². The lowest BCUT2D eigenvalue weighted by atomic mass is 10.2. The Morgan fingerprint density at radius 3 is 2.67 bits per heavy atom. The van der Waals surface area contributed by atoms with Gasteiger partial charge in [-0.1, -0.05) is 30.0 Å². The molecule has 0 atom stereocenters. The van der Waals surface area contributed by atoms with Crippen molar-refractivity contribution in [2.75, 3.05) is 6.54 Å². The molecule has 2 rings (SSSR count). The Morgan fingerprint density at radius 2 is 2.00 bits per heavy atom. The van der Waals surface area contributed by atoms with E-state index in [1.807, 2.05) is 30.3 Å². The van der Waals surface area contributed by atoms with Crippen molar-refractivity contribution < 1.29 is 9.21 Å². The van der Waals surface area contributed by atoms with E-state index in [0.717, 1.165) is 11.3 Å². The van der Waals surface area contributed by atoms with Crippen LogP contribution in [0.15, 0.2) is 46.9 Å². The largest absolute Gasteiger partial charge is 0.456 e. The minimum atomic E-state index is -0.245. The van der Waals surface area contributed by atoms with Crippen LogP contribution in [0.3, 0.4) is 0 Å². The summed E-state index contributed by atoms with van der Waals surface area (Å²) in [6, 6.07) is 13.0. The molecular weight excluding hydrogens is 226 g/mol. The van der Waals surface area contributed by atoms with E-state index in [9.17, 15) is 4.79 Å². The van der Waals surface area contributed by atoms with Crippen molar-refractivity contribution in [3.8, 4) is 11.8 Å². The standard InChI is InChI=1S/C15H13NO2/c1-12-9-10-14(18-12)15(17)16-11-5-8-13-6-3-2-4-7-13/h2-4,6-7,9-10H,11H2,1H3,(H,16,17). The molecule has 0 saturated heterocycles.